The Morgan fingerprint density at radius 3 is 2.55 bits per heavy atom. The molecule has 0 bridgehead atoms. The molecule has 0 aliphatic heterocycles. The van der Waals surface area contributed by atoms with Crippen molar-refractivity contribution in [1.29, 1.82) is 5.26 Å². The minimum atomic E-state index is -0.900. The van der Waals surface area contributed by atoms with E-state index in [1.165, 1.54) is 11.3 Å². The van der Waals surface area contributed by atoms with Gasteiger partial charge in [-0.1, -0.05) is 29.3 Å². The first-order valence-electron chi connectivity index (χ1n) is 5.77. The number of aromatic nitrogens is 1. The number of carbonyl (C=O) groups is 1. The largest absolute Gasteiger partial charge is 0.291 e. The third kappa shape index (κ3) is 2.85. The predicted molar refractivity (Wildman–Crippen MR) is 80.7 cm³/mol. The van der Waals surface area contributed by atoms with Crippen LogP contribution in [0.3, 0.4) is 0 Å². The molecule has 6 heteroatoms. The van der Waals surface area contributed by atoms with Gasteiger partial charge in [0.25, 0.3) is 0 Å². The number of thiazole rings is 1. The topological polar surface area (TPSA) is 53.8 Å². The molecule has 3 nitrogen and oxygen atoms in total. The van der Waals surface area contributed by atoms with Gasteiger partial charge in [0.15, 0.2) is 5.78 Å². The molecular weight excluding hydrogens is 315 g/mol. The summed E-state index contributed by atoms with van der Waals surface area (Å²) in [7, 11) is 0. The molecule has 1 aromatic carbocycles. The van der Waals surface area contributed by atoms with E-state index in [4.69, 9.17) is 23.2 Å². The van der Waals surface area contributed by atoms with Crippen LogP contribution in [-0.2, 0) is 0 Å². The number of aryl methyl sites for hydroxylation is 2. The maximum Gasteiger partial charge on any atom is 0.196 e. The van der Waals surface area contributed by atoms with E-state index in [1.807, 2.05) is 13.0 Å². The fourth-order valence-electron chi connectivity index (χ4n) is 1.87. The van der Waals surface area contributed by atoms with Gasteiger partial charge in [0.05, 0.1) is 31.7 Å². The fraction of sp³-hybridized carbons (Fsp3) is 0.214. The van der Waals surface area contributed by atoms with Crippen LogP contribution in [0.15, 0.2) is 18.2 Å². The Balaban J connectivity index is 2.42. The lowest BCUT2D eigenvalue weighted by molar-refractivity contribution is 0.0982. The molecule has 2 rings (SSSR count). The van der Waals surface area contributed by atoms with E-state index in [9.17, 15) is 10.1 Å². The van der Waals surface area contributed by atoms with Crippen LogP contribution in [0.5, 0.6) is 0 Å². The third-order valence-electron chi connectivity index (χ3n) is 2.80. The second-order valence-electron chi connectivity index (χ2n) is 4.25. The van der Waals surface area contributed by atoms with Gasteiger partial charge in [-0.25, -0.2) is 4.98 Å². The second kappa shape index (κ2) is 5.92. The predicted octanol–water partition coefficient (Wildman–Crippen LogP) is 4.56. The molecule has 20 heavy (non-hydrogen) atoms. The van der Waals surface area contributed by atoms with Crippen LogP contribution < -0.4 is 0 Å². The summed E-state index contributed by atoms with van der Waals surface area (Å²) in [5.41, 5.74) is 1.19. The average molecular weight is 325 g/mol. The van der Waals surface area contributed by atoms with Gasteiger partial charge >= 0.3 is 0 Å². The SMILES string of the molecule is Cc1nc(C)c(C(=O)C(C#N)c2ccc(Cl)c(Cl)c2)s1. The zero-order valence-corrected chi connectivity index (χ0v) is 13.1. The van der Waals surface area contributed by atoms with Crippen LogP contribution in [0, 0.1) is 25.2 Å². The quantitative estimate of drug-likeness (QED) is 0.778. The first-order valence-corrected chi connectivity index (χ1v) is 7.34. The normalized spacial score (nSPS) is 11.9. The number of nitriles is 1. The van der Waals surface area contributed by atoms with E-state index in [0.717, 1.165) is 5.01 Å². The lowest BCUT2D eigenvalue weighted by Crippen LogP contribution is -2.11. The first-order chi connectivity index (χ1) is 9.43. The van der Waals surface area contributed by atoms with Crippen molar-refractivity contribution in [3.8, 4) is 6.07 Å². The molecule has 0 radical (unpaired) electrons. The maximum absolute atomic E-state index is 12.5. The number of carbonyl (C=O) groups excluding carboxylic acids is 1. The average Bonchev–Trinajstić information content (AvgIpc) is 2.73. The number of ketones is 1. The van der Waals surface area contributed by atoms with Gasteiger partial charge in [-0.2, -0.15) is 5.26 Å². The number of Topliss-reactive ketones (excluding diaryl/α,β-unsaturated/α-hetero) is 1. The Kier molecular flexibility index (Phi) is 4.44. The summed E-state index contributed by atoms with van der Waals surface area (Å²) in [4.78, 5) is 17.2. The summed E-state index contributed by atoms with van der Waals surface area (Å²) >= 11 is 13.1. The molecule has 0 N–H and O–H groups in total. The second-order valence-corrected chi connectivity index (χ2v) is 6.26. The summed E-state index contributed by atoms with van der Waals surface area (Å²) in [6.07, 6.45) is 0. The number of halogens is 2. The highest BCUT2D eigenvalue weighted by atomic mass is 35.5. The zero-order chi connectivity index (χ0) is 14.9. The van der Waals surface area contributed by atoms with Crippen molar-refractivity contribution in [3.63, 3.8) is 0 Å². The van der Waals surface area contributed by atoms with Crippen molar-refractivity contribution in [2.45, 2.75) is 19.8 Å². The number of nitrogens with zero attached hydrogens (tertiary/aromatic N) is 2. The minimum Gasteiger partial charge on any atom is -0.291 e. The summed E-state index contributed by atoms with van der Waals surface area (Å²) < 4.78 is 0. The number of benzene rings is 1. The highest BCUT2D eigenvalue weighted by Crippen LogP contribution is 2.30. The van der Waals surface area contributed by atoms with Crippen molar-refractivity contribution < 1.29 is 4.79 Å². The molecule has 0 saturated heterocycles. The van der Waals surface area contributed by atoms with Gasteiger partial charge in [-0.3, -0.25) is 4.79 Å². The first kappa shape index (κ1) is 15.0. The Morgan fingerprint density at radius 2 is 2.05 bits per heavy atom. The van der Waals surface area contributed by atoms with E-state index in [1.54, 1.807) is 25.1 Å². The monoisotopic (exact) mass is 324 g/mol. The molecule has 0 spiro atoms. The van der Waals surface area contributed by atoms with E-state index in [0.29, 0.717) is 26.2 Å². The molecule has 2 aromatic rings. The van der Waals surface area contributed by atoms with Gasteiger partial charge in [0.2, 0.25) is 0 Å². The van der Waals surface area contributed by atoms with E-state index < -0.39 is 5.92 Å². The molecule has 1 unspecified atom stereocenters. The van der Waals surface area contributed by atoms with Gasteiger partial charge in [-0.15, -0.1) is 11.3 Å². The summed E-state index contributed by atoms with van der Waals surface area (Å²) in [6, 6.07) is 6.81. The van der Waals surface area contributed by atoms with Crippen LogP contribution in [0.4, 0.5) is 0 Å². The zero-order valence-electron chi connectivity index (χ0n) is 10.8. The minimum absolute atomic E-state index is 0.256. The molecule has 0 saturated carbocycles. The Labute approximate surface area is 130 Å². The molecule has 0 amide bonds. The van der Waals surface area contributed by atoms with Crippen molar-refractivity contribution in [3.05, 3.63) is 49.4 Å². The van der Waals surface area contributed by atoms with Crippen LogP contribution in [-0.4, -0.2) is 10.8 Å². The van der Waals surface area contributed by atoms with Gasteiger partial charge in [0, 0.05) is 0 Å². The Morgan fingerprint density at radius 1 is 1.35 bits per heavy atom. The van der Waals surface area contributed by atoms with E-state index in [-0.39, 0.29) is 5.78 Å². The van der Waals surface area contributed by atoms with Crippen molar-refractivity contribution in [1.82, 2.24) is 4.98 Å². The van der Waals surface area contributed by atoms with E-state index >= 15 is 0 Å². The molecule has 1 heterocycles. The maximum atomic E-state index is 12.5. The van der Waals surface area contributed by atoms with E-state index in [2.05, 4.69) is 4.98 Å². The van der Waals surface area contributed by atoms with Crippen LogP contribution in [0.1, 0.15) is 31.9 Å². The van der Waals surface area contributed by atoms with Crippen molar-refractivity contribution in [2.24, 2.45) is 0 Å². The standard InChI is InChI=1S/C14H10Cl2N2OS/c1-7-14(20-8(2)18-7)13(19)10(6-17)9-3-4-11(15)12(16)5-9/h3-5,10H,1-2H3. The lowest BCUT2D eigenvalue weighted by atomic mass is 9.95. The molecule has 102 valence electrons. The number of hydrogen-bond donors (Lipinski definition) is 0. The molecular formula is C14H10Cl2N2OS. The van der Waals surface area contributed by atoms with Crippen LogP contribution >= 0.6 is 34.5 Å². The van der Waals surface area contributed by atoms with Crippen LogP contribution in [0.25, 0.3) is 0 Å². The molecule has 1 atom stereocenters. The summed E-state index contributed by atoms with van der Waals surface area (Å²) in [6.45, 7) is 3.59. The lowest BCUT2D eigenvalue weighted by Gasteiger charge is -2.08. The van der Waals surface area contributed by atoms with Gasteiger partial charge < -0.3 is 0 Å². The number of hydrogen-bond acceptors (Lipinski definition) is 4. The molecule has 0 aliphatic rings. The van der Waals surface area contributed by atoms with Crippen molar-refractivity contribution in [2.75, 3.05) is 0 Å². The van der Waals surface area contributed by atoms with Crippen molar-refractivity contribution >= 4 is 40.3 Å². The smallest absolute Gasteiger partial charge is 0.196 e. The number of rotatable bonds is 3. The van der Waals surface area contributed by atoms with Crippen LogP contribution in [0.2, 0.25) is 10.0 Å². The highest BCUT2D eigenvalue weighted by molar-refractivity contribution is 7.13. The van der Waals surface area contributed by atoms with Gasteiger partial charge in [0.1, 0.15) is 5.92 Å². The molecule has 1 aromatic heterocycles. The summed E-state index contributed by atoms with van der Waals surface area (Å²) in [5.74, 6) is -1.16. The third-order valence-corrected chi connectivity index (χ3v) is 4.62. The fourth-order valence-corrected chi connectivity index (χ4v) is 3.06. The molecule has 0 aliphatic carbocycles. The Hall–Kier alpha value is -1.41. The Bertz CT molecular complexity index is 718. The summed E-state index contributed by atoms with van der Waals surface area (Å²) in [5, 5.41) is 10.8. The molecule has 0 fully saturated rings. The highest BCUT2D eigenvalue weighted by Gasteiger charge is 2.25. The van der Waals surface area contributed by atoms with Gasteiger partial charge in [-0.05, 0) is 31.5 Å².